The second-order valence-corrected chi connectivity index (χ2v) is 6.64. The number of hydrogen-bond acceptors (Lipinski definition) is 2. The van der Waals surface area contributed by atoms with Gasteiger partial charge in [-0.05, 0) is 69.9 Å². The van der Waals surface area contributed by atoms with Crippen LogP contribution in [-0.4, -0.2) is 31.6 Å². The van der Waals surface area contributed by atoms with Crippen molar-refractivity contribution in [2.75, 3.05) is 26.7 Å². The molecule has 1 rings (SSSR count). The Hall–Kier alpha value is -0.860. The van der Waals surface area contributed by atoms with E-state index in [0.717, 1.165) is 19.0 Å². The van der Waals surface area contributed by atoms with Gasteiger partial charge in [0.25, 0.3) is 0 Å². The van der Waals surface area contributed by atoms with Crippen molar-refractivity contribution in [2.24, 2.45) is 5.92 Å². The molecule has 0 aliphatic heterocycles. The molecule has 0 saturated heterocycles. The molecule has 1 atom stereocenters. The molecule has 0 radical (unpaired) electrons. The molecule has 0 aliphatic carbocycles. The van der Waals surface area contributed by atoms with Crippen molar-refractivity contribution in [3.05, 3.63) is 35.4 Å². The number of aryl methyl sites for hydroxylation is 1. The first-order chi connectivity index (χ1) is 10.0. The van der Waals surface area contributed by atoms with E-state index in [2.05, 4.69) is 69.2 Å². The molecule has 0 bridgehead atoms. The number of nitrogens with zero attached hydrogens (tertiary/aromatic N) is 1. The van der Waals surface area contributed by atoms with Crippen LogP contribution in [0.2, 0.25) is 0 Å². The number of hydrogen-bond donors (Lipinski definition) is 1. The van der Waals surface area contributed by atoms with Crippen LogP contribution in [0.4, 0.5) is 0 Å². The summed E-state index contributed by atoms with van der Waals surface area (Å²) in [7, 11) is 2.25. The van der Waals surface area contributed by atoms with Crippen molar-refractivity contribution in [1.29, 1.82) is 0 Å². The predicted octanol–water partition coefficient (Wildman–Crippen LogP) is 4.40. The van der Waals surface area contributed by atoms with Gasteiger partial charge < -0.3 is 10.2 Å². The summed E-state index contributed by atoms with van der Waals surface area (Å²) in [5.41, 5.74) is 2.86. The molecule has 0 fully saturated rings. The smallest absolute Gasteiger partial charge is 0.0335 e. The molecule has 0 amide bonds. The maximum atomic E-state index is 3.72. The van der Waals surface area contributed by atoms with Gasteiger partial charge in [-0.2, -0.15) is 0 Å². The van der Waals surface area contributed by atoms with Crippen LogP contribution in [0, 0.1) is 12.8 Å². The summed E-state index contributed by atoms with van der Waals surface area (Å²) in [5, 5.41) is 3.72. The van der Waals surface area contributed by atoms with Gasteiger partial charge in [0.05, 0.1) is 0 Å². The Morgan fingerprint density at radius 1 is 1.10 bits per heavy atom. The number of nitrogens with one attached hydrogen (secondary N) is 1. The Balaban J connectivity index is 2.56. The van der Waals surface area contributed by atoms with E-state index >= 15 is 0 Å². The topological polar surface area (TPSA) is 15.3 Å². The minimum Gasteiger partial charge on any atom is -0.310 e. The summed E-state index contributed by atoms with van der Waals surface area (Å²) < 4.78 is 0. The number of rotatable bonds is 10. The zero-order valence-corrected chi connectivity index (χ0v) is 14.7. The van der Waals surface area contributed by atoms with E-state index in [4.69, 9.17) is 0 Å². The molecule has 1 aromatic carbocycles. The fourth-order valence-corrected chi connectivity index (χ4v) is 2.60. The van der Waals surface area contributed by atoms with Gasteiger partial charge in [-0.25, -0.2) is 0 Å². The third-order valence-corrected chi connectivity index (χ3v) is 4.09. The van der Waals surface area contributed by atoms with Gasteiger partial charge in [0.15, 0.2) is 0 Å². The highest BCUT2D eigenvalue weighted by molar-refractivity contribution is 5.28. The van der Waals surface area contributed by atoms with E-state index in [1.54, 1.807) is 0 Å². The van der Waals surface area contributed by atoms with E-state index in [-0.39, 0.29) is 0 Å². The van der Waals surface area contributed by atoms with Crippen molar-refractivity contribution < 1.29 is 0 Å². The fraction of sp³-hybridized carbons (Fsp3) is 0.684. The van der Waals surface area contributed by atoms with Crippen molar-refractivity contribution in [3.63, 3.8) is 0 Å². The molecular weight excluding hydrogens is 256 g/mol. The average molecular weight is 290 g/mol. The molecule has 0 spiro atoms. The van der Waals surface area contributed by atoms with Gasteiger partial charge in [-0.15, -0.1) is 0 Å². The molecule has 1 unspecified atom stereocenters. The summed E-state index contributed by atoms with van der Waals surface area (Å²) in [4.78, 5) is 2.47. The minimum absolute atomic E-state index is 0.479. The van der Waals surface area contributed by atoms with Crippen molar-refractivity contribution in [1.82, 2.24) is 10.2 Å². The van der Waals surface area contributed by atoms with E-state index in [0.29, 0.717) is 6.04 Å². The third kappa shape index (κ3) is 7.10. The van der Waals surface area contributed by atoms with E-state index in [9.17, 15) is 0 Å². The Morgan fingerprint density at radius 2 is 1.76 bits per heavy atom. The zero-order valence-electron chi connectivity index (χ0n) is 14.7. The van der Waals surface area contributed by atoms with Crippen LogP contribution in [0.3, 0.4) is 0 Å². The number of benzene rings is 1. The summed E-state index contributed by atoms with van der Waals surface area (Å²) in [5.74, 6) is 0.790. The molecule has 0 aromatic heterocycles. The average Bonchev–Trinajstić information content (AvgIpc) is 2.46. The molecular formula is C19H34N2. The first-order valence-corrected chi connectivity index (χ1v) is 8.52. The van der Waals surface area contributed by atoms with Crippen LogP contribution in [0.1, 0.15) is 57.2 Å². The molecule has 0 aliphatic rings. The zero-order chi connectivity index (χ0) is 15.7. The third-order valence-electron chi connectivity index (χ3n) is 4.09. The highest BCUT2D eigenvalue weighted by atomic mass is 15.1. The maximum Gasteiger partial charge on any atom is 0.0335 e. The Bertz CT molecular complexity index is 387. The molecule has 1 N–H and O–H groups in total. The maximum absolute atomic E-state index is 3.72. The second-order valence-electron chi connectivity index (χ2n) is 6.64. The van der Waals surface area contributed by atoms with Crippen molar-refractivity contribution in [2.45, 2.75) is 53.0 Å². The molecule has 21 heavy (non-hydrogen) atoms. The van der Waals surface area contributed by atoms with Crippen LogP contribution >= 0.6 is 0 Å². The van der Waals surface area contributed by atoms with Crippen molar-refractivity contribution in [3.8, 4) is 0 Å². The van der Waals surface area contributed by atoms with Crippen LogP contribution in [0.15, 0.2) is 24.3 Å². The molecule has 120 valence electrons. The van der Waals surface area contributed by atoms with Gasteiger partial charge in [0.1, 0.15) is 0 Å². The van der Waals surface area contributed by atoms with E-state index in [1.807, 2.05) is 0 Å². The summed E-state index contributed by atoms with van der Waals surface area (Å²) in [6, 6.07) is 9.26. The molecule has 2 nitrogen and oxygen atoms in total. The Kier molecular flexibility index (Phi) is 8.63. The van der Waals surface area contributed by atoms with Gasteiger partial charge in [-0.1, -0.05) is 45.0 Å². The van der Waals surface area contributed by atoms with Crippen molar-refractivity contribution >= 4 is 0 Å². The van der Waals surface area contributed by atoms with Gasteiger partial charge in [0.2, 0.25) is 0 Å². The Morgan fingerprint density at radius 3 is 2.38 bits per heavy atom. The highest BCUT2D eigenvalue weighted by Gasteiger charge is 2.13. The quantitative estimate of drug-likeness (QED) is 0.687. The normalized spacial score (nSPS) is 13.1. The summed E-state index contributed by atoms with van der Waals surface area (Å²) in [6.45, 7) is 12.5. The lowest BCUT2D eigenvalue weighted by molar-refractivity contribution is 0.289. The fourth-order valence-electron chi connectivity index (χ4n) is 2.60. The first-order valence-electron chi connectivity index (χ1n) is 8.52. The van der Waals surface area contributed by atoms with Crippen LogP contribution in [-0.2, 0) is 0 Å². The summed E-state index contributed by atoms with van der Waals surface area (Å²) in [6.07, 6.45) is 3.65. The van der Waals surface area contributed by atoms with E-state index in [1.165, 1.54) is 36.9 Å². The predicted molar refractivity (Wildman–Crippen MR) is 93.8 cm³/mol. The van der Waals surface area contributed by atoms with E-state index < -0.39 is 0 Å². The second kappa shape index (κ2) is 9.97. The SMILES string of the molecule is CCCNC(CCN(C)CCC(C)C)c1ccccc1C. The molecule has 1 aromatic rings. The van der Waals surface area contributed by atoms with Gasteiger partial charge in [-0.3, -0.25) is 0 Å². The van der Waals surface area contributed by atoms with Crippen LogP contribution in [0.5, 0.6) is 0 Å². The Labute approximate surface area is 131 Å². The lowest BCUT2D eigenvalue weighted by atomic mass is 9.98. The highest BCUT2D eigenvalue weighted by Crippen LogP contribution is 2.21. The molecule has 2 heteroatoms. The van der Waals surface area contributed by atoms with Gasteiger partial charge in [0, 0.05) is 6.04 Å². The van der Waals surface area contributed by atoms with Crippen LogP contribution < -0.4 is 5.32 Å². The standard InChI is InChI=1S/C19H34N2/c1-6-13-20-19(18-10-8-7-9-17(18)4)12-15-21(5)14-11-16(2)3/h7-10,16,19-20H,6,11-15H2,1-5H3. The molecule has 0 heterocycles. The van der Waals surface area contributed by atoms with Crippen LogP contribution in [0.25, 0.3) is 0 Å². The monoisotopic (exact) mass is 290 g/mol. The first kappa shape index (κ1) is 18.2. The lowest BCUT2D eigenvalue weighted by Gasteiger charge is -2.24. The minimum atomic E-state index is 0.479. The summed E-state index contributed by atoms with van der Waals surface area (Å²) >= 11 is 0. The molecule has 0 saturated carbocycles. The largest absolute Gasteiger partial charge is 0.310 e. The van der Waals surface area contributed by atoms with Gasteiger partial charge >= 0.3 is 0 Å². The lowest BCUT2D eigenvalue weighted by Crippen LogP contribution is -2.29.